The van der Waals surface area contributed by atoms with Gasteiger partial charge < -0.3 is 14.7 Å². The van der Waals surface area contributed by atoms with Crippen molar-refractivity contribution in [1.82, 2.24) is 4.90 Å². The second kappa shape index (κ2) is 6.35. The third kappa shape index (κ3) is 3.67. The summed E-state index contributed by atoms with van der Waals surface area (Å²) in [6.07, 6.45) is 1.80. The maximum absolute atomic E-state index is 12.5. The van der Waals surface area contributed by atoms with E-state index < -0.39 is 12.0 Å². The molecule has 1 amide bonds. The lowest BCUT2D eigenvalue weighted by Gasteiger charge is -2.26. The minimum Gasteiger partial charge on any atom is -0.496 e. The van der Waals surface area contributed by atoms with Gasteiger partial charge in [-0.05, 0) is 38.0 Å². The highest BCUT2D eigenvalue weighted by atomic mass is 35.5. The molecule has 1 fully saturated rings. The highest BCUT2D eigenvalue weighted by molar-refractivity contribution is 6.30. The molecule has 0 aliphatic heterocycles. The van der Waals surface area contributed by atoms with Gasteiger partial charge in [-0.15, -0.1) is 0 Å². The number of benzene rings is 1. The molecule has 1 aromatic carbocycles. The predicted molar refractivity (Wildman–Crippen MR) is 78.7 cm³/mol. The van der Waals surface area contributed by atoms with Crippen molar-refractivity contribution in [3.63, 3.8) is 0 Å². The topological polar surface area (TPSA) is 66.8 Å². The van der Waals surface area contributed by atoms with Crippen molar-refractivity contribution < 1.29 is 19.4 Å². The number of rotatable bonds is 6. The lowest BCUT2D eigenvalue weighted by atomic mass is 10.1. The van der Waals surface area contributed by atoms with Gasteiger partial charge in [0.25, 0.3) is 0 Å². The number of aliphatic carboxylic acids is 1. The number of hydrogen-bond acceptors (Lipinski definition) is 3. The molecule has 6 heteroatoms. The van der Waals surface area contributed by atoms with Gasteiger partial charge >= 0.3 is 5.97 Å². The first-order valence-electron chi connectivity index (χ1n) is 6.80. The van der Waals surface area contributed by atoms with Crippen LogP contribution < -0.4 is 4.74 Å². The first-order valence-corrected chi connectivity index (χ1v) is 7.18. The van der Waals surface area contributed by atoms with Crippen LogP contribution in [0.5, 0.6) is 5.75 Å². The van der Waals surface area contributed by atoms with E-state index in [9.17, 15) is 9.59 Å². The van der Waals surface area contributed by atoms with E-state index in [1.54, 1.807) is 18.2 Å². The molecule has 0 spiro atoms. The Balaban J connectivity index is 2.19. The van der Waals surface area contributed by atoms with Crippen molar-refractivity contribution in [2.75, 3.05) is 7.11 Å². The predicted octanol–water partition coefficient (Wildman–Crippen LogP) is 2.36. The van der Waals surface area contributed by atoms with Crippen molar-refractivity contribution in [3.05, 3.63) is 28.8 Å². The number of hydrogen-bond donors (Lipinski definition) is 1. The molecule has 1 aliphatic carbocycles. The van der Waals surface area contributed by atoms with Crippen molar-refractivity contribution in [2.45, 2.75) is 38.3 Å². The number of methoxy groups -OCH3 is 1. The quantitative estimate of drug-likeness (QED) is 0.875. The molecule has 1 aromatic rings. The van der Waals surface area contributed by atoms with Crippen LogP contribution in [0.2, 0.25) is 5.02 Å². The van der Waals surface area contributed by atoms with Gasteiger partial charge in [-0.1, -0.05) is 11.6 Å². The van der Waals surface area contributed by atoms with Gasteiger partial charge in [-0.3, -0.25) is 4.79 Å². The van der Waals surface area contributed by atoms with E-state index in [1.165, 1.54) is 18.9 Å². The first kappa shape index (κ1) is 15.6. The Morgan fingerprint density at radius 1 is 1.48 bits per heavy atom. The van der Waals surface area contributed by atoms with Crippen LogP contribution in [0, 0.1) is 0 Å². The number of halogens is 1. The Morgan fingerprint density at radius 2 is 2.14 bits per heavy atom. The van der Waals surface area contributed by atoms with Crippen LogP contribution in [0.3, 0.4) is 0 Å². The second-order valence-corrected chi connectivity index (χ2v) is 5.62. The molecule has 1 saturated carbocycles. The van der Waals surface area contributed by atoms with Crippen LogP contribution in [0.15, 0.2) is 18.2 Å². The van der Waals surface area contributed by atoms with E-state index in [-0.39, 0.29) is 18.4 Å². The molecule has 1 N–H and O–H groups in total. The summed E-state index contributed by atoms with van der Waals surface area (Å²) in [5.74, 6) is -0.632. The molecule has 5 nitrogen and oxygen atoms in total. The molecule has 1 atom stereocenters. The van der Waals surface area contributed by atoms with Crippen molar-refractivity contribution in [2.24, 2.45) is 0 Å². The fraction of sp³-hybridized carbons (Fsp3) is 0.467. The smallest absolute Gasteiger partial charge is 0.326 e. The monoisotopic (exact) mass is 311 g/mol. The second-order valence-electron chi connectivity index (χ2n) is 5.18. The fourth-order valence-electron chi connectivity index (χ4n) is 2.35. The SMILES string of the molecule is COc1ccc(Cl)cc1CC(=O)N(C1CC1)C(C)C(=O)O. The van der Waals surface area contributed by atoms with Crippen LogP contribution in [-0.2, 0) is 16.0 Å². The van der Waals surface area contributed by atoms with Crippen LogP contribution in [0.4, 0.5) is 0 Å². The molecule has 0 heterocycles. The Kier molecular flexibility index (Phi) is 4.73. The number of carboxylic acids is 1. The summed E-state index contributed by atoms with van der Waals surface area (Å²) in [5.41, 5.74) is 0.665. The highest BCUT2D eigenvalue weighted by Crippen LogP contribution is 2.31. The van der Waals surface area contributed by atoms with Crippen LogP contribution in [-0.4, -0.2) is 41.1 Å². The molecular formula is C15H18ClNO4. The molecule has 0 radical (unpaired) electrons. The van der Waals surface area contributed by atoms with Gasteiger partial charge in [-0.2, -0.15) is 0 Å². The van der Waals surface area contributed by atoms with E-state index in [0.717, 1.165) is 12.8 Å². The molecule has 0 aromatic heterocycles. The average molecular weight is 312 g/mol. The number of carbonyl (C=O) groups is 2. The third-order valence-electron chi connectivity index (χ3n) is 3.59. The molecule has 1 unspecified atom stereocenters. The van der Waals surface area contributed by atoms with Gasteiger partial charge in [0.2, 0.25) is 5.91 Å². The summed E-state index contributed by atoms with van der Waals surface area (Å²) < 4.78 is 5.22. The van der Waals surface area contributed by atoms with Gasteiger partial charge in [0.1, 0.15) is 11.8 Å². The maximum Gasteiger partial charge on any atom is 0.326 e. The first-order chi connectivity index (χ1) is 9.93. The van der Waals surface area contributed by atoms with Gasteiger partial charge in [-0.25, -0.2) is 4.79 Å². The molecule has 0 bridgehead atoms. The summed E-state index contributed by atoms with van der Waals surface area (Å²) in [7, 11) is 1.52. The Bertz CT molecular complexity index is 557. The maximum atomic E-state index is 12.5. The van der Waals surface area contributed by atoms with E-state index in [2.05, 4.69) is 0 Å². The van der Waals surface area contributed by atoms with E-state index in [0.29, 0.717) is 16.3 Å². The molecule has 114 valence electrons. The molecule has 1 aliphatic rings. The highest BCUT2D eigenvalue weighted by Gasteiger charge is 2.38. The fourth-order valence-corrected chi connectivity index (χ4v) is 2.54. The Labute approximate surface area is 128 Å². The minimum atomic E-state index is -0.992. The standard InChI is InChI=1S/C15H18ClNO4/c1-9(15(19)20)17(12-4-5-12)14(18)8-10-7-11(16)3-6-13(10)21-2/h3,6-7,9,12H,4-5,8H2,1-2H3,(H,19,20). The van der Waals surface area contributed by atoms with Crippen LogP contribution in [0.25, 0.3) is 0 Å². The Morgan fingerprint density at radius 3 is 2.67 bits per heavy atom. The van der Waals surface area contributed by atoms with Crippen molar-refractivity contribution >= 4 is 23.5 Å². The zero-order valence-electron chi connectivity index (χ0n) is 12.0. The summed E-state index contributed by atoms with van der Waals surface area (Å²) in [4.78, 5) is 25.1. The van der Waals surface area contributed by atoms with Gasteiger partial charge in [0.15, 0.2) is 0 Å². The number of carboxylic acid groups (broad SMARTS) is 1. The third-order valence-corrected chi connectivity index (χ3v) is 3.82. The van der Waals surface area contributed by atoms with Crippen molar-refractivity contribution in [3.8, 4) is 5.75 Å². The zero-order valence-corrected chi connectivity index (χ0v) is 12.8. The normalized spacial score (nSPS) is 15.4. The molecule has 2 rings (SSSR count). The summed E-state index contributed by atoms with van der Waals surface area (Å²) in [6, 6.07) is 4.28. The molecule has 0 saturated heterocycles. The summed E-state index contributed by atoms with van der Waals surface area (Å²) in [6.45, 7) is 1.54. The van der Waals surface area contributed by atoms with E-state index in [4.69, 9.17) is 21.4 Å². The molecule has 21 heavy (non-hydrogen) atoms. The number of ether oxygens (including phenoxy) is 1. The Hall–Kier alpha value is -1.75. The lowest BCUT2D eigenvalue weighted by molar-refractivity contribution is -0.149. The van der Waals surface area contributed by atoms with Crippen LogP contribution in [0.1, 0.15) is 25.3 Å². The van der Waals surface area contributed by atoms with E-state index >= 15 is 0 Å². The zero-order chi connectivity index (χ0) is 15.6. The number of amides is 1. The molecular weight excluding hydrogens is 294 g/mol. The van der Waals surface area contributed by atoms with Crippen LogP contribution >= 0.6 is 11.6 Å². The van der Waals surface area contributed by atoms with Gasteiger partial charge in [0.05, 0.1) is 13.5 Å². The number of carbonyl (C=O) groups excluding carboxylic acids is 1. The minimum absolute atomic E-state index is 0.0359. The van der Waals surface area contributed by atoms with Gasteiger partial charge in [0, 0.05) is 16.6 Å². The van der Waals surface area contributed by atoms with E-state index in [1.807, 2.05) is 0 Å². The summed E-state index contributed by atoms with van der Waals surface area (Å²) >= 11 is 5.95. The number of nitrogens with zero attached hydrogens (tertiary/aromatic N) is 1. The largest absolute Gasteiger partial charge is 0.496 e. The average Bonchev–Trinajstić information content (AvgIpc) is 3.23. The summed E-state index contributed by atoms with van der Waals surface area (Å²) in [5, 5.41) is 9.67. The van der Waals surface area contributed by atoms with Crippen molar-refractivity contribution in [1.29, 1.82) is 0 Å². The lowest BCUT2D eigenvalue weighted by Crippen LogP contribution is -2.45.